The average molecular weight is 985 g/mol. The Balaban J connectivity index is 0.000000941. The van der Waals surface area contributed by atoms with E-state index in [1.165, 1.54) is 322 Å². The van der Waals surface area contributed by atoms with Gasteiger partial charge in [0.25, 0.3) is 0 Å². The van der Waals surface area contributed by atoms with E-state index in [4.69, 9.17) is 19.2 Å². The predicted molar refractivity (Wildman–Crippen MR) is 295 cm³/mol. The average Bonchev–Trinajstić information content (AvgIpc) is 3.44. The molecule has 0 radical (unpaired) electrons. The zero-order valence-electron chi connectivity index (χ0n) is 48.1. The molecule has 7 nitrogen and oxygen atoms in total. The fourth-order valence-electron chi connectivity index (χ4n) is 11.9. The smallest absolute Gasteiger partial charge is 0.0886 e. The summed E-state index contributed by atoms with van der Waals surface area (Å²) in [4.78, 5) is 25.6. The molecule has 0 bridgehead atoms. The molecule has 3 fully saturated rings. The first-order chi connectivity index (χ1) is 32.5. The molecule has 3 saturated carbocycles. The second-order valence-electron chi connectivity index (χ2n) is 24.4. The molecular formula is C60H126N3O4P. The topological polar surface area (TPSA) is 86.2 Å². The highest BCUT2D eigenvalue weighted by atomic mass is 31.2. The van der Waals surface area contributed by atoms with E-state index in [1.807, 2.05) is 0 Å². The first kappa shape index (κ1) is 68.0. The summed E-state index contributed by atoms with van der Waals surface area (Å²) in [6, 6.07) is 2.78. The van der Waals surface area contributed by atoms with Crippen LogP contribution in [0.5, 0.6) is 0 Å². The third-order valence-corrected chi connectivity index (χ3v) is 17.0. The number of quaternary nitrogens is 3. The van der Waals surface area contributed by atoms with Crippen LogP contribution in [0.3, 0.4) is 0 Å². The molecule has 0 unspecified atom stereocenters. The fraction of sp³-hybridized carbons (Fsp3) is 1.00. The van der Waals surface area contributed by atoms with E-state index in [0.29, 0.717) is 0 Å². The Morgan fingerprint density at radius 2 is 0.441 bits per heavy atom. The lowest BCUT2D eigenvalue weighted by Crippen LogP contribution is -2.49. The molecule has 68 heavy (non-hydrogen) atoms. The third kappa shape index (κ3) is 42.5. The molecule has 0 aromatic heterocycles. The van der Waals surface area contributed by atoms with Crippen LogP contribution in [-0.2, 0) is 4.57 Å². The molecule has 0 aromatic rings. The van der Waals surface area contributed by atoms with Gasteiger partial charge in [0.2, 0.25) is 0 Å². The minimum absolute atomic E-state index is 0.925. The van der Waals surface area contributed by atoms with Crippen molar-refractivity contribution in [2.24, 2.45) is 0 Å². The number of nitrogens with zero attached hydrogens (tertiary/aromatic N) is 3. The van der Waals surface area contributed by atoms with Gasteiger partial charge in [-0.3, -0.25) is 0 Å². The summed E-state index contributed by atoms with van der Waals surface area (Å²) in [5, 5.41) is 0. The van der Waals surface area contributed by atoms with Crippen LogP contribution < -0.4 is 14.7 Å². The molecule has 0 saturated heterocycles. The standard InChI is InChI=1S/3C20H42N.H3O4P/c3*1-4-5-6-13-16-19-21(2,3)20-17-14-11-9-7-8-10-12-15-18-20;1-5(2,3)4/h3*20H,4-19H2,1-3H3;(H3,1,2,3,4)/q3*+1;/p-3. The largest absolute Gasteiger partial charge is 0.822 e. The molecule has 3 rings (SSSR count). The van der Waals surface area contributed by atoms with Gasteiger partial charge in [0.05, 0.1) is 80.0 Å². The van der Waals surface area contributed by atoms with Gasteiger partial charge in [-0.15, -0.1) is 0 Å². The molecule has 0 heterocycles. The van der Waals surface area contributed by atoms with Crippen molar-refractivity contribution in [2.75, 3.05) is 61.9 Å². The van der Waals surface area contributed by atoms with Crippen LogP contribution >= 0.6 is 7.82 Å². The van der Waals surface area contributed by atoms with E-state index in [9.17, 15) is 0 Å². The number of hydrogen-bond donors (Lipinski definition) is 0. The van der Waals surface area contributed by atoms with Crippen LogP contribution in [0.25, 0.3) is 0 Å². The van der Waals surface area contributed by atoms with Crippen molar-refractivity contribution in [3.05, 3.63) is 0 Å². The van der Waals surface area contributed by atoms with Crippen molar-refractivity contribution in [1.29, 1.82) is 0 Å². The third-order valence-electron chi connectivity index (χ3n) is 17.0. The lowest BCUT2D eigenvalue weighted by Gasteiger charge is -2.39. The summed E-state index contributed by atoms with van der Waals surface area (Å²) >= 11 is 0. The molecule has 410 valence electrons. The van der Waals surface area contributed by atoms with E-state index < -0.39 is 7.82 Å². The monoisotopic (exact) mass is 984 g/mol. The van der Waals surface area contributed by atoms with E-state index >= 15 is 0 Å². The second kappa shape index (κ2) is 44.5. The normalized spacial score (nSPS) is 19.5. The van der Waals surface area contributed by atoms with Crippen molar-refractivity contribution < 1.29 is 32.7 Å². The van der Waals surface area contributed by atoms with Gasteiger partial charge in [-0.05, 0) is 116 Å². The van der Waals surface area contributed by atoms with Crippen molar-refractivity contribution in [2.45, 2.75) is 328 Å². The summed E-state index contributed by atoms with van der Waals surface area (Å²) < 4.78 is 12.4. The second-order valence-corrected chi connectivity index (χ2v) is 25.3. The fourth-order valence-corrected chi connectivity index (χ4v) is 11.9. The van der Waals surface area contributed by atoms with Crippen LogP contribution in [0.15, 0.2) is 0 Å². The molecule has 3 aliphatic carbocycles. The van der Waals surface area contributed by atoms with Crippen LogP contribution in [0, 0.1) is 0 Å². The highest BCUT2D eigenvalue weighted by molar-refractivity contribution is 7.40. The quantitative estimate of drug-likeness (QED) is 0.0651. The van der Waals surface area contributed by atoms with Gasteiger partial charge in [-0.2, -0.15) is 7.82 Å². The Morgan fingerprint density at radius 1 is 0.294 bits per heavy atom. The highest BCUT2D eigenvalue weighted by Gasteiger charge is 2.29. The van der Waals surface area contributed by atoms with Gasteiger partial charge >= 0.3 is 0 Å². The van der Waals surface area contributed by atoms with Crippen LogP contribution in [0.2, 0.25) is 0 Å². The zero-order chi connectivity index (χ0) is 50.7. The number of phosphoric acid groups is 1. The lowest BCUT2D eigenvalue weighted by atomic mass is 9.99. The Hall–Kier alpha value is -0.0100. The predicted octanol–water partition coefficient (Wildman–Crippen LogP) is 16.1. The molecule has 0 aliphatic heterocycles. The highest BCUT2D eigenvalue weighted by Crippen LogP contribution is 2.27. The first-order valence-corrected chi connectivity index (χ1v) is 32.2. The maximum atomic E-state index is 8.55. The minimum atomic E-state index is -5.39. The van der Waals surface area contributed by atoms with Crippen molar-refractivity contribution in [3.8, 4) is 0 Å². The molecule has 8 heteroatoms. The van der Waals surface area contributed by atoms with Gasteiger partial charge < -0.3 is 32.7 Å². The zero-order valence-corrected chi connectivity index (χ0v) is 49.0. The maximum Gasteiger partial charge on any atom is 0.0886 e. The SMILES string of the molecule is CCCCCCC[N+](C)(C)C1CCCCCCCCCC1.CCCCCCC[N+](C)(C)C1CCCCCCCCCC1.CCCCCCC[N+](C)(C)C1CCCCCCCCCC1.O=P([O-])([O-])[O-]. The number of hydrogen-bond acceptors (Lipinski definition) is 4. The van der Waals surface area contributed by atoms with Gasteiger partial charge in [0.15, 0.2) is 0 Å². The Kier molecular flexibility index (Phi) is 44.5. The number of unbranched alkanes of at least 4 members (excludes halogenated alkanes) is 12. The summed E-state index contributed by atoms with van der Waals surface area (Å²) in [7, 11) is 9.64. The molecular weight excluding hydrogens is 858 g/mol. The molecule has 0 aromatic carbocycles. The Labute approximate surface area is 428 Å². The van der Waals surface area contributed by atoms with Crippen molar-refractivity contribution in [3.63, 3.8) is 0 Å². The van der Waals surface area contributed by atoms with Crippen LogP contribution in [0.1, 0.15) is 310 Å². The number of rotatable bonds is 21. The molecule has 0 spiro atoms. The summed E-state index contributed by atoms with van der Waals surface area (Å²) in [5.41, 5.74) is 0. The molecule has 0 atom stereocenters. The van der Waals surface area contributed by atoms with Gasteiger partial charge in [-0.1, -0.05) is 194 Å². The first-order valence-electron chi connectivity index (χ1n) is 30.7. The molecule has 3 aliphatic rings. The van der Waals surface area contributed by atoms with Gasteiger partial charge in [0.1, 0.15) is 0 Å². The van der Waals surface area contributed by atoms with Crippen molar-refractivity contribution in [1.82, 2.24) is 0 Å². The van der Waals surface area contributed by atoms with Gasteiger partial charge in [-0.25, -0.2) is 0 Å². The van der Waals surface area contributed by atoms with Crippen LogP contribution in [0.4, 0.5) is 0 Å². The van der Waals surface area contributed by atoms with Crippen LogP contribution in [-0.4, -0.2) is 93.5 Å². The maximum absolute atomic E-state index is 8.55. The van der Waals surface area contributed by atoms with E-state index in [-0.39, 0.29) is 0 Å². The van der Waals surface area contributed by atoms with E-state index in [1.54, 1.807) is 0 Å². The minimum Gasteiger partial charge on any atom is -0.822 e. The van der Waals surface area contributed by atoms with Crippen molar-refractivity contribution >= 4 is 7.82 Å². The summed E-state index contributed by atoms with van der Waals surface area (Å²) in [5.74, 6) is 0. The summed E-state index contributed by atoms with van der Waals surface area (Å²) in [6.07, 6.45) is 65.7. The lowest BCUT2D eigenvalue weighted by molar-refractivity contribution is -0.916. The summed E-state index contributed by atoms with van der Waals surface area (Å²) in [6.45, 7) is 11.1. The molecule has 0 amide bonds. The van der Waals surface area contributed by atoms with E-state index in [0.717, 1.165) is 18.1 Å². The Morgan fingerprint density at radius 3 is 0.603 bits per heavy atom. The molecule has 0 N–H and O–H groups in total. The Bertz CT molecular complexity index is 949. The van der Waals surface area contributed by atoms with E-state index in [2.05, 4.69) is 63.1 Å². The van der Waals surface area contributed by atoms with Gasteiger partial charge in [0, 0.05) is 0 Å².